The van der Waals surface area contributed by atoms with Crippen LogP contribution in [-0.4, -0.2) is 48.2 Å². The summed E-state index contributed by atoms with van der Waals surface area (Å²) in [6.45, 7) is 2.13. The number of likely N-dealkylation sites (N-methyl/N-ethyl adjacent to an activating group) is 1. The normalized spacial score (nSPS) is 22.3. The van der Waals surface area contributed by atoms with Gasteiger partial charge in [-0.1, -0.05) is 6.07 Å². The molecule has 0 bridgehead atoms. The molecule has 0 unspecified atom stereocenters. The Morgan fingerprint density at radius 1 is 1.11 bits per heavy atom. The number of urea groups is 1. The number of hydrogen-bond acceptors (Lipinski definition) is 3. The van der Waals surface area contributed by atoms with Gasteiger partial charge in [-0.05, 0) is 81.2 Å². The third kappa shape index (κ3) is 6.67. The molecule has 0 radical (unpaired) electrons. The Morgan fingerprint density at radius 3 is 2.46 bits per heavy atom. The zero-order valence-electron chi connectivity index (χ0n) is 16.6. The van der Waals surface area contributed by atoms with Gasteiger partial charge in [-0.2, -0.15) is 0 Å². The Kier molecular flexibility index (Phi) is 8.58. The molecule has 3 N–H and O–H groups in total. The van der Waals surface area contributed by atoms with Crippen LogP contribution in [0.25, 0.3) is 0 Å². The second-order valence-electron chi connectivity index (χ2n) is 8.04. The van der Waals surface area contributed by atoms with E-state index >= 15 is 0 Å². The summed E-state index contributed by atoms with van der Waals surface area (Å²) in [7, 11) is 2.15. The largest absolute Gasteiger partial charge is 0.481 e. The zero-order chi connectivity index (χ0) is 19.2. The number of benzene rings is 1. The molecule has 2 aliphatic rings. The maximum atomic E-state index is 12.4. The first kappa shape index (κ1) is 22.5. The lowest BCUT2D eigenvalue weighted by molar-refractivity contribution is -0.137. The molecule has 7 heteroatoms. The van der Waals surface area contributed by atoms with Gasteiger partial charge in [0.05, 0.1) is 0 Å². The number of amides is 2. The fourth-order valence-electron chi connectivity index (χ4n) is 4.19. The van der Waals surface area contributed by atoms with Crippen molar-refractivity contribution in [1.82, 2.24) is 10.2 Å². The molecule has 1 aliphatic heterocycles. The van der Waals surface area contributed by atoms with Crippen molar-refractivity contribution in [3.05, 3.63) is 29.3 Å². The van der Waals surface area contributed by atoms with Crippen molar-refractivity contribution in [2.45, 2.75) is 57.4 Å². The molecule has 1 saturated carbocycles. The van der Waals surface area contributed by atoms with Crippen LogP contribution in [0.15, 0.2) is 18.2 Å². The number of carbonyl (C=O) groups is 2. The van der Waals surface area contributed by atoms with Gasteiger partial charge in [0.25, 0.3) is 0 Å². The van der Waals surface area contributed by atoms with Crippen molar-refractivity contribution in [1.29, 1.82) is 0 Å². The van der Waals surface area contributed by atoms with Crippen molar-refractivity contribution in [3.8, 4) is 0 Å². The van der Waals surface area contributed by atoms with Crippen LogP contribution >= 0.6 is 12.4 Å². The van der Waals surface area contributed by atoms with Crippen molar-refractivity contribution in [3.63, 3.8) is 0 Å². The van der Waals surface area contributed by atoms with Crippen molar-refractivity contribution >= 4 is 30.1 Å². The average molecular weight is 410 g/mol. The van der Waals surface area contributed by atoms with Crippen LogP contribution in [-0.2, 0) is 17.6 Å². The highest BCUT2D eigenvalue weighted by Gasteiger charge is 2.23. The van der Waals surface area contributed by atoms with Gasteiger partial charge >= 0.3 is 12.0 Å². The van der Waals surface area contributed by atoms with E-state index in [-0.39, 0.29) is 30.9 Å². The van der Waals surface area contributed by atoms with Crippen LogP contribution in [0, 0.1) is 5.92 Å². The van der Waals surface area contributed by atoms with Crippen molar-refractivity contribution < 1.29 is 14.7 Å². The predicted molar refractivity (Wildman–Crippen MR) is 113 cm³/mol. The lowest BCUT2D eigenvalue weighted by Crippen LogP contribution is -2.40. The van der Waals surface area contributed by atoms with Crippen LogP contribution in [0.4, 0.5) is 10.5 Å². The zero-order valence-corrected chi connectivity index (χ0v) is 17.4. The molecule has 1 heterocycles. The number of rotatable bonds is 5. The molecule has 1 fully saturated rings. The number of aliphatic carboxylic acids is 1. The van der Waals surface area contributed by atoms with E-state index < -0.39 is 5.97 Å². The number of nitrogens with one attached hydrogen (secondary N) is 2. The van der Waals surface area contributed by atoms with Gasteiger partial charge in [0, 0.05) is 31.2 Å². The molecule has 1 aliphatic carbocycles. The number of carbonyl (C=O) groups excluding carboxylic acids is 1. The fraction of sp³-hybridized carbons (Fsp3) is 0.619. The molecule has 6 nitrogen and oxygen atoms in total. The smallest absolute Gasteiger partial charge is 0.319 e. The van der Waals surface area contributed by atoms with E-state index in [9.17, 15) is 9.59 Å². The first-order chi connectivity index (χ1) is 13.0. The maximum absolute atomic E-state index is 12.4. The summed E-state index contributed by atoms with van der Waals surface area (Å²) in [6.07, 6.45) is 6.90. The van der Waals surface area contributed by atoms with Crippen LogP contribution in [0.1, 0.15) is 49.7 Å². The van der Waals surface area contributed by atoms with Gasteiger partial charge in [0.2, 0.25) is 0 Å². The molecule has 3 rings (SSSR count). The molecule has 2 amide bonds. The minimum absolute atomic E-state index is 0. The number of hydrogen-bond donors (Lipinski definition) is 3. The van der Waals surface area contributed by atoms with E-state index in [1.54, 1.807) is 0 Å². The quantitative estimate of drug-likeness (QED) is 0.692. The Bertz CT molecular complexity index is 675. The van der Waals surface area contributed by atoms with E-state index in [0.717, 1.165) is 63.7 Å². The van der Waals surface area contributed by atoms with E-state index in [2.05, 4.69) is 34.7 Å². The third-order valence-corrected chi connectivity index (χ3v) is 5.94. The SMILES string of the molecule is CN1CCc2ccc(NC(=O)NC3CCC(CCC(=O)O)CC3)cc2CC1.Cl. The standard InChI is InChI=1S/C21H31N3O3.ClH/c1-24-12-10-16-5-8-19(14-17(16)11-13-24)23-21(27)22-18-6-2-15(3-7-18)4-9-20(25)26;/h5,8,14-15,18H,2-4,6-7,9-13H2,1H3,(H,25,26)(H2,22,23,27);1H. The van der Waals surface area contributed by atoms with E-state index in [4.69, 9.17) is 5.11 Å². The highest BCUT2D eigenvalue weighted by Crippen LogP contribution is 2.28. The summed E-state index contributed by atoms with van der Waals surface area (Å²) in [5.74, 6) is -0.244. The first-order valence-electron chi connectivity index (χ1n) is 10.1. The highest BCUT2D eigenvalue weighted by molar-refractivity contribution is 5.89. The molecule has 0 aromatic heterocycles. The van der Waals surface area contributed by atoms with Crippen LogP contribution in [0.5, 0.6) is 0 Å². The minimum Gasteiger partial charge on any atom is -0.481 e. The summed E-state index contributed by atoms with van der Waals surface area (Å²) in [4.78, 5) is 25.4. The fourth-order valence-corrected chi connectivity index (χ4v) is 4.19. The summed E-state index contributed by atoms with van der Waals surface area (Å²) in [5.41, 5.74) is 3.56. The lowest BCUT2D eigenvalue weighted by atomic mass is 9.83. The van der Waals surface area contributed by atoms with Gasteiger partial charge in [-0.25, -0.2) is 4.79 Å². The third-order valence-electron chi connectivity index (χ3n) is 5.94. The molecule has 156 valence electrons. The van der Waals surface area contributed by atoms with Crippen molar-refractivity contribution in [2.24, 2.45) is 5.92 Å². The summed E-state index contributed by atoms with van der Waals surface area (Å²) in [6, 6.07) is 6.27. The van der Waals surface area contributed by atoms with E-state index in [1.165, 1.54) is 11.1 Å². The molecular formula is C21H32ClN3O3. The van der Waals surface area contributed by atoms with Crippen LogP contribution in [0.2, 0.25) is 0 Å². The molecule has 0 atom stereocenters. The number of fused-ring (bicyclic) bond motifs is 1. The minimum atomic E-state index is -0.720. The summed E-state index contributed by atoms with van der Waals surface area (Å²) < 4.78 is 0. The van der Waals surface area contributed by atoms with E-state index in [0.29, 0.717) is 5.92 Å². The first-order valence-corrected chi connectivity index (χ1v) is 10.1. The van der Waals surface area contributed by atoms with Crippen LogP contribution < -0.4 is 10.6 Å². The monoisotopic (exact) mass is 409 g/mol. The van der Waals surface area contributed by atoms with Gasteiger partial charge in [-0.15, -0.1) is 12.4 Å². The predicted octanol–water partition coefficient (Wildman–Crippen LogP) is 3.68. The second-order valence-corrected chi connectivity index (χ2v) is 8.04. The number of anilines is 1. The molecule has 1 aromatic rings. The average Bonchev–Trinajstić information content (AvgIpc) is 2.82. The second kappa shape index (κ2) is 10.7. The van der Waals surface area contributed by atoms with Gasteiger partial charge < -0.3 is 20.6 Å². The molecular weight excluding hydrogens is 378 g/mol. The van der Waals surface area contributed by atoms with Crippen molar-refractivity contribution in [2.75, 3.05) is 25.5 Å². The number of nitrogens with zero attached hydrogens (tertiary/aromatic N) is 1. The Labute approximate surface area is 173 Å². The van der Waals surface area contributed by atoms with Crippen LogP contribution in [0.3, 0.4) is 0 Å². The number of carboxylic acid groups (broad SMARTS) is 1. The lowest BCUT2D eigenvalue weighted by Gasteiger charge is -2.28. The Hall–Kier alpha value is -1.79. The van der Waals surface area contributed by atoms with Gasteiger partial charge in [0.15, 0.2) is 0 Å². The Morgan fingerprint density at radius 2 is 1.79 bits per heavy atom. The molecule has 1 aromatic carbocycles. The van der Waals surface area contributed by atoms with E-state index in [1.807, 2.05) is 6.07 Å². The van der Waals surface area contributed by atoms with Gasteiger partial charge in [-0.3, -0.25) is 4.79 Å². The summed E-state index contributed by atoms with van der Waals surface area (Å²) >= 11 is 0. The maximum Gasteiger partial charge on any atom is 0.319 e. The summed E-state index contributed by atoms with van der Waals surface area (Å²) in [5, 5.41) is 14.8. The number of carboxylic acids is 1. The topological polar surface area (TPSA) is 81.7 Å². The van der Waals surface area contributed by atoms with Gasteiger partial charge in [0.1, 0.15) is 0 Å². The molecule has 0 saturated heterocycles. The molecule has 28 heavy (non-hydrogen) atoms. The Balaban J connectivity index is 0.00000280. The number of halogens is 1. The highest BCUT2D eigenvalue weighted by atomic mass is 35.5. The molecule has 0 spiro atoms.